The molecule has 2 amide bonds. The van der Waals surface area contributed by atoms with Crippen LogP contribution in [-0.2, 0) is 20.9 Å². The summed E-state index contributed by atoms with van der Waals surface area (Å²) >= 11 is 1.46. The Bertz CT molecular complexity index is 1180. The van der Waals surface area contributed by atoms with E-state index in [9.17, 15) is 19.5 Å². The molecular formula is C25H25N3O5S. The lowest BCUT2D eigenvalue weighted by Crippen LogP contribution is -2.48. The van der Waals surface area contributed by atoms with Crippen molar-refractivity contribution < 1.29 is 24.2 Å². The van der Waals surface area contributed by atoms with Crippen LogP contribution in [0.5, 0.6) is 0 Å². The van der Waals surface area contributed by atoms with Crippen molar-refractivity contribution in [2.75, 3.05) is 13.7 Å². The number of alkyl carbamates (subject to hydrolysis) is 1. The highest BCUT2D eigenvalue weighted by Crippen LogP contribution is 2.44. The second-order valence-electron chi connectivity index (χ2n) is 8.17. The Balaban J connectivity index is 1.41. The lowest BCUT2D eigenvalue weighted by molar-refractivity contribution is -0.142. The average Bonchev–Trinajstić information content (AvgIpc) is 3.37. The standard InChI is InChI=1S/C25H25N3O5S/c1-15-26-16(14-34-15)12-28(2)24(31)22(11-23(29)30)27-25(32)33-13-21-19-9-5-3-7-17(19)18-8-4-6-10-20(18)21/h3-10,14,21-22H,11-13H2,1-2H3,(H,27,32)(H,29,30). The van der Waals surface area contributed by atoms with E-state index >= 15 is 0 Å². The Kier molecular flexibility index (Phi) is 6.93. The number of likely N-dealkylation sites (N-methyl/N-ethyl adjacent to an activating group) is 1. The number of benzene rings is 2. The van der Waals surface area contributed by atoms with Crippen LogP contribution < -0.4 is 5.32 Å². The molecular weight excluding hydrogens is 454 g/mol. The van der Waals surface area contributed by atoms with E-state index in [2.05, 4.69) is 10.3 Å². The summed E-state index contributed by atoms with van der Waals surface area (Å²) in [6.45, 7) is 2.15. The van der Waals surface area contributed by atoms with Crippen molar-refractivity contribution in [3.05, 3.63) is 75.7 Å². The summed E-state index contributed by atoms with van der Waals surface area (Å²) in [4.78, 5) is 42.5. The molecule has 0 saturated carbocycles. The summed E-state index contributed by atoms with van der Waals surface area (Å²) in [5.74, 6) is -1.86. The third kappa shape index (κ3) is 5.09. The number of hydrogen-bond acceptors (Lipinski definition) is 6. The van der Waals surface area contributed by atoms with E-state index in [-0.39, 0.29) is 19.1 Å². The van der Waals surface area contributed by atoms with E-state index in [0.29, 0.717) is 5.69 Å². The highest BCUT2D eigenvalue weighted by Gasteiger charge is 2.31. The van der Waals surface area contributed by atoms with Gasteiger partial charge in [0.1, 0.15) is 12.6 Å². The molecule has 2 N–H and O–H groups in total. The predicted octanol–water partition coefficient (Wildman–Crippen LogP) is 3.79. The molecule has 34 heavy (non-hydrogen) atoms. The van der Waals surface area contributed by atoms with Crippen LogP contribution >= 0.6 is 11.3 Å². The Hall–Kier alpha value is -3.72. The summed E-state index contributed by atoms with van der Waals surface area (Å²) in [5.41, 5.74) is 5.03. The largest absolute Gasteiger partial charge is 0.481 e. The van der Waals surface area contributed by atoms with Crippen LogP contribution in [0, 0.1) is 6.92 Å². The van der Waals surface area contributed by atoms with E-state index in [4.69, 9.17) is 4.74 Å². The SMILES string of the molecule is Cc1nc(CN(C)C(=O)C(CC(=O)O)NC(=O)OCC2c3ccccc3-c3ccccc32)cs1. The lowest BCUT2D eigenvalue weighted by Gasteiger charge is -2.23. The monoisotopic (exact) mass is 479 g/mol. The Morgan fingerprint density at radius 3 is 2.29 bits per heavy atom. The molecule has 176 valence electrons. The molecule has 0 bridgehead atoms. The van der Waals surface area contributed by atoms with Crippen LogP contribution in [0.3, 0.4) is 0 Å². The second kappa shape index (κ2) is 10.0. The molecule has 2 aromatic carbocycles. The van der Waals surface area contributed by atoms with Crippen molar-refractivity contribution in [2.45, 2.75) is 31.8 Å². The third-order valence-electron chi connectivity index (χ3n) is 5.75. The lowest BCUT2D eigenvalue weighted by atomic mass is 9.98. The predicted molar refractivity (Wildman–Crippen MR) is 128 cm³/mol. The Morgan fingerprint density at radius 1 is 1.12 bits per heavy atom. The number of carbonyl (C=O) groups is 3. The number of fused-ring (bicyclic) bond motifs is 3. The fourth-order valence-electron chi connectivity index (χ4n) is 4.22. The van der Waals surface area contributed by atoms with Crippen molar-refractivity contribution >= 4 is 29.3 Å². The molecule has 0 spiro atoms. The number of aryl methyl sites for hydroxylation is 1. The topological polar surface area (TPSA) is 109 Å². The zero-order valence-corrected chi connectivity index (χ0v) is 19.7. The number of carbonyl (C=O) groups excluding carboxylic acids is 2. The number of ether oxygens (including phenoxy) is 1. The maximum Gasteiger partial charge on any atom is 0.407 e. The fourth-order valence-corrected chi connectivity index (χ4v) is 4.83. The van der Waals surface area contributed by atoms with Crippen LogP contribution in [0.2, 0.25) is 0 Å². The van der Waals surface area contributed by atoms with Crippen LogP contribution in [0.1, 0.15) is 34.2 Å². The van der Waals surface area contributed by atoms with Crippen molar-refractivity contribution in [3.63, 3.8) is 0 Å². The number of aliphatic carboxylic acids is 1. The van der Waals surface area contributed by atoms with Crippen LogP contribution in [0.15, 0.2) is 53.9 Å². The zero-order chi connectivity index (χ0) is 24.2. The molecule has 1 unspecified atom stereocenters. The molecule has 0 saturated heterocycles. The summed E-state index contributed by atoms with van der Waals surface area (Å²) in [7, 11) is 1.55. The Labute approximate surface area is 201 Å². The molecule has 3 aromatic rings. The number of hydrogen-bond donors (Lipinski definition) is 2. The average molecular weight is 480 g/mol. The summed E-state index contributed by atoms with van der Waals surface area (Å²) < 4.78 is 5.48. The van der Waals surface area contributed by atoms with Gasteiger partial charge < -0.3 is 20.1 Å². The van der Waals surface area contributed by atoms with E-state index in [1.54, 1.807) is 7.05 Å². The number of carboxylic acid groups (broad SMARTS) is 1. The van der Waals surface area contributed by atoms with Crippen molar-refractivity contribution in [1.29, 1.82) is 0 Å². The molecule has 1 heterocycles. The number of nitrogens with one attached hydrogen (secondary N) is 1. The van der Waals surface area contributed by atoms with Crippen molar-refractivity contribution in [2.24, 2.45) is 0 Å². The third-order valence-corrected chi connectivity index (χ3v) is 6.58. The number of nitrogens with zero attached hydrogens (tertiary/aromatic N) is 2. The second-order valence-corrected chi connectivity index (χ2v) is 9.23. The molecule has 0 radical (unpaired) electrons. The van der Waals surface area contributed by atoms with Gasteiger partial charge in [-0.15, -0.1) is 11.3 Å². The number of aromatic nitrogens is 1. The van der Waals surface area contributed by atoms with Gasteiger partial charge >= 0.3 is 12.1 Å². The van der Waals surface area contributed by atoms with Gasteiger partial charge in [-0.25, -0.2) is 9.78 Å². The van der Waals surface area contributed by atoms with Gasteiger partial charge in [0.2, 0.25) is 5.91 Å². The molecule has 1 atom stereocenters. The smallest absolute Gasteiger partial charge is 0.407 e. The normalized spacial score (nSPS) is 13.0. The fraction of sp³-hybridized carbons (Fsp3) is 0.280. The van der Waals surface area contributed by atoms with Gasteiger partial charge in [-0.2, -0.15) is 0 Å². The zero-order valence-electron chi connectivity index (χ0n) is 18.9. The first-order valence-corrected chi connectivity index (χ1v) is 11.7. The van der Waals surface area contributed by atoms with Crippen LogP contribution in [0.4, 0.5) is 4.79 Å². The van der Waals surface area contributed by atoms with Crippen LogP contribution in [-0.4, -0.2) is 52.7 Å². The molecule has 0 fully saturated rings. The molecule has 1 aliphatic carbocycles. The minimum atomic E-state index is -1.25. The molecule has 0 aliphatic heterocycles. The first kappa shape index (κ1) is 23.4. The molecule has 1 aromatic heterocycles. The maximum absolute atomic E-state index is 12.9. The quantitative estimate of drug-likeness (QED) is 0.509. The van der Waals surface area contributed by atoms with E-state index in [1.165, 1.54) is 16.2 Å². The maximum atomic E-state index is 12.9. The van der Waals surface area contributed by atoms with Gasteiger partial charge in [-0.1, -0.05) is 48.5 Å². The number of amides is 2. The van der Waals surface area contributed by atoms with E-state index in [1.807, 2.05) is 60.8 Å². The van der Waals surface area contributed by atoms with Gasteiger partial charge in [-0.05, 0) is 29.2 Å². The van der Waals surface area contributed by atoms with Crippen LogP contribution in [0.25, 0.3) is 11.1 Å². The minimum Gasteiger partial charge on any atom is -0.481 e. The first-order valence-electron chi connectivity index (χ1n) is 10.8. The molecule has 1 aliphatic rings. The highest BCUT2D eigenvalue weighted by atomic mass is 32.1. The molecule has 9 heteroatoms. The summed E-state index contributed by atoms with van der Waals surface area (Å²) in [6.07, 6.45) is -1.39. The first-order chi connectivity index (χ1) is 16.3. The minimum absolute atomic E-state index is 0.0712. The van der Waals surface area contributed by atoms with E-state index in [0.717, 1.165) is 27.3 Å². The highest BCUT2D eigenvalue weighted by molar-refractivity contribution is 7.09. The number of carboxylic acids is 1. The summed E-state index contributed by atoms with van der Waals surface area (Å²) in [5, 5.41) is 14.4. The van der Waals surface area contributed by atoms with E-state index < -0.39 is 30.4 Å². The van der Waals surface area contributed by atoms with Gasteiger partial charge in [0, 0.05) is 18.3 Å². The molecule has 8 nitrogen and oxygen atoms in total. The number of thiazole rings is 1. The van der Waals surface area contributed by atoms with Crippen molar-refractivity contribution in [1.82, 2.24) is 15.2 Å². The van der Waals surface area contributed by atoms with Gasteiger partial charge in [0.05, 0.1) is 23.7 Å². The van der Waals surface area contributed by atoms with Crippen molar-refractivity contribution in [3.8, 4) is 11.1 Å². The number of rotatable bonds is 8. The van der Waals surface area contributed by atoms with Gasteiger partial charge in [0.15, 0.2) is 0 Å². The van der Waals surface area contributed by atoms with Gasteiger partial charge in [0.25, 0.3) is 0 Å². The van der Waals surface area contributed by atoms with Gasteiger partial charge in [-0.3, -0.25) is 9.59 Å². The summed E-state index contributed by atoms with van der Waals surface area (Å²) in [6, 6.07) is 14.7. The molecule has 4 rings (SSSR count). The Morgan fingerprint density at radius 2 is 1.74 bits per heavy atom.